The molecule has 0 radical (unpaired) electrons. The van der Waals surface area contributed by atoms with Crippen molar-refractivity contribution < 1.29 is 29.0 Å². The molecule has 216 valence electrons. The molecule has 1 spiro atoms. The maximum absolute atomic E-state index is 14.3. The Morgan fingerprint density at radius 3 is 2.31 bits per heavy atom. The molecule has 10 nitrogen and oxygen atoms in total. The molecule has 3 amide bonds. The highest BCUT2D eigenvalue weighted by Crippen LogP contribution is 2.57. The quantitative estimate of drug-likeness (QED) is 0.318. The lowest BCUT2D eigenvalue weighted by Crippen LogP contribution is -2.56. The highest BCUT2D eigenvalue weighted by atomic mass is 16.5. The summed E-state index contributed by atoms with van der Waals surface area (Å²) in [6, 6.07) is -0.822. The van der Waals surface area contributed by atoms with Crippen molar-refractivity contribution in [3.05, 3.63) is 24.3 Å². The van der Waals surface area contributed by atoms with Crippen molar-refractivity contribution in [1.82, 2.24) is 19.6 Å². The third-order valence-electron chi connectivity index (χ3n) is 9.06. The average Bonchev–Trinajstić information content (AvgIpc) is 3.20. The molecule has 39 heavy (non-hydrogen) atoms. The van der Waals surface area contributed by atoms with Gasteiger partial charge in [0.1, 0.15) is 11.6 Å². The number of carbonyl (C=O) groups excluding carboxylic acids is 3. The van der Waals surface area contributed by atoms with E-state index in [2.05, 4.69) is 4.90 Å². The summed E-state index contributed by atoms with van der Waals surface area (Å²) in [5.74, 6) is -1.83. The zero-order chi connectivity index (χ0) is 27.6. The third-order valence-corrected chi connectivity index (χ3v) is 9.06. The fraction of sp³-hybridized carbons (Fsp3) is 0.759. The normalized spacial score (nSPS) is 34.8. The van der Waals surface area contributed by atoms with Crippen molar-refractivity contribution >= 4 is 17.7 Å². The Labute approximate surface area is 231 Å². The Kier molecular flexibility index (Phi) is 8.47. The Balaban J connectivity index is 1.48. The lowest BCUT2D eigenvalue weighted by atomic mass is 9.74. The second-order valence-electron chi connectivity index (χ2n) is 11.6. The van der Waals surface area contributed by atoms with E-state index in [1.807, 2.05) is 48.0 Å². The molecule has 3 saturated heterocycles. The number of hydrogen-bond acceptors (Lipinski definition) is 7. The highest BCUT2D eigenvalue weighted by molar-refractivity contribution is 6.00. The number of unbranched alkanes of at least 4 members (excludes halogenated alkanes) is 2. The maximum Gasteiger partial charge on any atom is 0.249 e. The first-order valence-corrected chi connectivity index (χ1v) is 14.7. The van der Waals surface area contributed by atoms with E-state index in [0.717, 1.165) is 32.5 Å². The lowest BCUT2D eigenvalue weighted by molar-refractivity contribution is -0.152. The van der Waals surface area contributed by atoms with E-state index in [1.54, 1.807) is 4.90 Å². The molecule has 3 fully saturated rings. The van der Waals surface area contributed by atoms with E-state index in [-0.39, 0.29) is 24.3 Å². The molecule has 10 heteroatoms. The summed E-state index contributed by atoms with van der Waals surface area (Å²) in [7, 11) is 0. The van der Waals surface area contributed by atoms with Crippen LogP contribution in [0.1, 0.15) is 39.5 Å². The fourth-order valence-corrected chi connectivity index (χ4v) is 7.19. The Morgan fingerprint density at radius 1 is 0.872 bits per heavy atom. The van der Waals surface area contributed by atoms with Gasteiger partial charge in [-0.25, -0.2) is 0 Å². The van der Waals surface area contributed by atoms with Gasteiger partial charge in [-0.15, -0.1) is 0 Å². The van der Waals surface area contributed by atoms with Crippen LogP contribution in [0.15, 0.2) is 24.3 Å². The van der Waals surface area contributed by atoms with Crippen molar-refractivity contribution in [2.45, 2.75) is 56.8 Å². The van der Waals surface area contributed by atoms with Gasteiger partial charge in [0.2, 0.25) is 17.7 Å². The molecule has 0 aromatic heterocycles. The van der Waals surface area contributed by atoms with E-state index in [0.29, 0.717) is 58.8 Å². The number of carbonyl (C=O) groups is 3. The maximum atomic E-state index is 14.3. The summed E-state index contributed by atoms with van der Waals surface area (Å²) in [6.07, 6.45) is 10.7. The van der Waals surface area contributed by atoms with Crippen LogP contribution in [0.5, 0.6) is 0 Å². The van der Waals surface area contributed by atoms with Crippen LogP contribution in [0.25, 0.3) is 0 Å². The van der Waals surface area contributed by atoms with Gasteiger partial charge in [-0.05, 0) is 32.6 Å². The van der Waals surface area contributed by atoms with Gasteiger partial charge in [-0.2, -0.15) is 0 Å². The van der Waals surface area contributed by atoms with E-state index >= 15 is 0 Å². The number of morpholine rings is 1. The minimum atomic E-state index is -1.20. The monoisotopic (exact) mass is 544 g/mol. The molecule has 0 aromatic carbocycles. The summed E-state index contributed by atoms with van der Waals surface area (Å²) >= 11 is 0. The number of amides is 3. The van der Waals surface area contributed by atoms with Crippen LogP contribution in [-0.4, -0.2) is 132 Å². The first-order valence-electron chi connectivity index (χ1n) is 14.7. The standard InChI is InChI=1S/C29H44N4O6/c1-3-11-31-12-7-9-28(2)22(25(31)35)23-26(36)33(14-5-4-6-19-34)24-27(37)32(13-8-10-29(23,24)39-28)16-15-30-17-20-38-21-18-30/h7-10,22-24,34H,3-6,11-21H2,1-2H3/t22-,23+,24?,28+,29+/m1/s1. The molecular formula is C29H44N4O6. The molecule has 5 rings (SSSR count). The minimum absolute atomic E-state index is 0.0743. The molecule has 5 aliphatic heterocycles. The number of ether oxygens (including phenoxy) is 2. The molecule has 1 N–H and O–H groups in total. The second kappa shape index (κ2) is 11.7. The van der Waals surface area contributed by atoms with E-state index in [9.17, 15) is 19.5 Å². The SMILES string of the molecule is CCCN1CC=C[C@]2(C)O[C@]34C=CCN(CCN5CCOCC5)C(=O)C3N(CCCCCO)C(=O)[C@@H]4[C@@H]2C1=O. The van der Waals surface area contributed by atoms with Gasteiger partial charge in [0, 0.05) is 59.0 Å². The largest absolute Gasteiger partial charge is 0.396 e. The summed E-state index contributed by atoms with van der Waals surface area (Å²) in [5.41, 5.74) is -2.18. The first kappa shape index (κ1) is 28.3. The number of aliphatic hydroxyl groups is 1. The number of hydrogen-bond donors (Lipinski definition) is 1. The predicted molar refractivity (Wildman–Crippen MR) is 145 cm³/mol. The zero-order valence-electron chi connectivity index (χ0n) is 23.4. The number of likely N-dealkylation sites (tertiary alicyclic amines) is 1. The van der Waals surface area contributed by atoms with E-state index < -0.39 is 29.1 Å². The van der Waals surface area contributed by atoms with Crippen molar-refractivity contribution in [1.29, 1.82) is 0 Å². The second-order valence-corrected chi connectivity index (χ2v) is 11.6. The van der Waals surface area contributed by atoms with Crippen LogP contribution in [0.4, 0.5) is 0 Å². The zero-order valence-corrected chi connectivity index (χ0v) is 23.4. The smallest absolute Gasteiger partial charge is 0.249 e. The van der Waals surface area contributed by atoms with Gasteiger partial charge in [0.05, 0.1) is 30.7 Å². The molecule has 1 unspecified atom stereocenters. The highest BCUT2D eigenvalue weighted by Gasteiger charge is 2.74. The third kappa shape index (κ3) is 5.05. The summed E-state index contributed by atoms with van der Waals surface area (Å²) in [5, 5.41) is 9.26. The van der Waals surface area contributed by atoms with Crippen LogP contribution in [-0.2, 0) is 23.9 Å². The number of aliphatic hydroxyl groups excluding tert-OH is 1. The van der Waals surface area contributed by atoms with Crippen LogP contribution in [0.2, 0.25) is 0 Å². The average molecular weight is 545 g/mol. The van der Waals surface area contributed by atoms with Gasteiger partial charge in [0.15, 0.2) is 0 Å². The summed E-state index contributed by atoms with van der Waals surface area (Å²) < 4.78 is 12.3. The molecular weight excluding hydrogens is 500 g/mol. The first-order chi connectivity index (χ1) is 18.9. The molecule has 0 saturated carbocycles. The van der Waals surface area contributed by atoms with Crippen molar-refractivity contribution in [2.75, 3.05) is 72.2 Å². The number of fused-ring (bicyclic) bond motifs is 2. The van der Waals surface area contributed by atoms with Crippen LogP contribution in [0.3, 0.4) is 0 Å². The lowest BCUT2D eigenvalue weighted by Gasteiger charge is -2.38. The summed E-state index contributed by atoms with van der Waals surface area (Å²) in [4.78, 5) is 50.2. The number of rotatable bonds is 10. The van der Waals surface area contributed by atoms with Crippen LogP contribution < -0.4 is 0 Å². The predicted octanol–water partition coefficient (Wildman–Crippen LogP) is 0.659. The van der Waals surface area contributed by atoms with Crippen molar-refractivity contribution in [3.8, 4) is 0 Å². The Hall–Kier alpha value is -2.27. The van der Waals surface area contributed by atoms with Crippen molar-refractivity contribution in [3.63, 3.8) is 0 Å². The number of nitrogens with zero attached hydrogens (tertiary/aromatic N) is 4. The van der Waals surface area contributed by atoms with Gasteiger partial charge < -0.3 is 29.3 Å². The topological polar surface area (TPSA) is 103 Å². The Bertz CT molecular complexity index is 996. The fourth-order valence-electron chi connectivity index (χ4n) is 7.19. The molecule has 0 aromatic rings. The molecule has 5 heterocycles. The van der Waals surface area contributed by atoms with E-state index in [4.69, 9.17) is 9.47 Å². The molecule has 0 aliphatic carbocycles. The Morgan fingerprint density at radius 2 is 1.59 bits per heavy atom. The van der Waals surface area contributed by atoms with Gasteiger partial charge in [-0.1, -0.05) is 31.2 Å². The minimum Gasteiger partial charge on any atom is -0.396 e. The summed E-state index contributed by atoms with van der Waals surface area (Å²) in [6.45, 7) is 10.3. The van der Waals surface area contributed by atoms with E-state index in [1.165, 1.54) is 0 Å². The van der Waals surface area contributed by atoms with Gasteiger partial charge in [-0.3, -0.25) is 19.3 Å². The molecule has 5 atom stereocenters. The molecule has 5 aliphatic rings. The van der Waals surface area contributed by atoms with Crippen LogP contribution in [0, 0.1) is 11.8 Å². The molecule has 0 bridgehead atoms. The van der Waals surface area contributed by atoms with Crippen molar-refractivity contribution in [2.24, 2.45) is 11.8 Å². The van der Waals surface area contributed by atoms with Gasteiger partial charge in [0.25, 0.3) is 0 Å². The van der Waals surface area contributed by atoms with Crippen LogP contribution >= 0.6 is 0 Å². The van der Waals surface area contributed by atoms with Gasteiger partial charge >= 0.3 is 0 Å².